The highest BCUT2D eigenvalue weighted by atomic mass is 16.4. The molecule has 0 fully saturated rings. The Morgan fingerprint density at radius 2 is 0.926 bits per heavy atom. The molecule has 7 heteroatoms. The first-order valence-corrected chi connectivity index (χ1v) is 7.82. The summed E-state index contributed by atoms with van der Waals surface area (Å²) >= 11 is 0. The van der Waals surface area contributed by atoms with Gasteiger partial charge in [0.1, 0.15) is 0 Å². The fraction of sp³-hybridized carbons (Fsp3) is 0.100. The fourth-order valence-corrected chi connectivity index (χ4v) is 2.45. The van der Waals surface area contributed by atoms with Crippen molar-refractivity contribution >= 4 is 0 Å². The molecule has 0 atom stereocenters. The predicted molar refractivity (Wildman–Crippen MR) is 93.1 cm³/mol. The highest BCUT2D eigenvalue weighted by molar-refractivity contribution is 5.59. The van der Waals surface area contributed by atoms with E-state index in [0.29, 0.717) is 34.0 Å². The van der Waals surface area contributed by atoms with Crippen LogP contribution in [0.5, 0.6) is 0 Å². The van der Waals surface area contributed by atoms with E-state index in [2.05, 4.69) is 10.2 Å². The first kappa shape index (κ1) is 17.4. The van der Waals surface area contributed by atoms with Gasteiger partial charge in [0.05, 0.1) is 24.3 Å². The lowest BCUT2D eigenvalue weighted by molar-refractivity contribution is 0.584. The molecule has 0 aliphatic carbocycles. The van der Waals surface area contributed by atoms with Gasteiger partial charge in [-0.15, -0.1) is 10.2 Å². The molecule has 27 heavy (non-hydrogen) atoms. The molecule has 0 N–H and O–H groups in total. The average molecular weight is 350 g/mol. The number of hydrogen-bond acceptors (Lipinski definition) is 7. The van der Waals surface area contributed by atoms with E-state index in [-0.39, 0.29) is 0 Å². The first-order chi connectivity index (χ1) is 13.2. The van der Waals surface area contributed by atoms with Gasteiger partial charge in [0, 0.05) is 11.1 Å². The predicted octanol–water partition coefficient (Wildman–Crippen LogP) is 3.67. The van der Waals surface area contributed by atoms with Gasteiger partial charge in [-0.25, -0.2) is 0 Å². The van der Waals surface area contributed by atoms with Crippen LogP contribution in [0.4, 0.5) is 0 Å². The van der Waals surface area contributed by atoms with E-state index >= 15 is 0 Å². The van der Waals surface area contributed by atoms with Gasteiger partial charge in [-0.05, 0) is 35.4 Å². The van der Waals surface area contributed by atoms with Crippen LogP contribution in [0.1, 0.15) is 23.0 Å². The Kier molecular flexibility index (Phi) is 4.90. The molecule has 1 aromatic heterocycles. The standard InChI is InChI=1S/C20H10N6O/c21-9-17(10-22)13-1-5-15(6-2-13)19-25-26-20(27-19)16-7-3-14(4-8-16)18(11-23)12-24/h1-8,17-18H. The Morgan fingerprint density at radius 1 is 0.593 bits per heavy atom. The zero-order valence-electron chi connectivity index (χ0n) is 13.9. The summed E-state index contributed by atoms with van der Waals surface area (Å²) in [5.74, 6) is -1.03. The van der Waals surface area contributed by atoms with E-state index in [1.54, 1.807) is 48.5 Å². The maximum atomic E-state index is 8.93. The van der Waals surface area contributed by atoms with Crippen LogP contribution in [0, 0.1) is 45.3 Å². The molecular weight excluding hydrogens is 340 g/mol. The van der Waals surface area contributed by atoms with E-state index in [0.717, 1.165) is 0 Å². The second-order valence-electron chi connectivity index (χ2n) is 5.54. The summed E-state index contributed by atoms with van der Waals surface area (Å²) in [5.41, 5.74) is 2.53. The van der Waals surface area contributed by atoms with Crippen LogP contribution < -0.4 is 0 Å². The van der Waals surface area contributed by atoms with Crippen LogP contribution >= 0.6 is 0 Å². The van der Waals surface area contributed by atoms with Gasteiger partial charge >= 0.3 is 0 Å². The van der Waals surface area contributed by atoms with E-state index in [1.165, 1.54) is 0 Å². The van der Waals surface area contributed by atoms with Crippen LogP contribution in [-0.2, 0) is 0 Å². The molecule has 3 aromatic rings. The molecule has 0 saturated heterocycles. The molecule has 0 amide bonds. The fourth-order valence-electron chi connectivity index (χ4n) is 2.45. The Bertz CT molecular complexity index is 1000. The SMILES string of the molecule is N#CC(C#N)c1ccc(-c2nnc(-c3ccc(C(C#N)C#N)cc3)o2)cc1. The lowest BCUT2D eigenvalue weighted by Crippen LogP contribution is -1.91. The Morgan fingerprint density at radius 3 is 1.22 bits per heavy atom. The number of aromatic nitrogens is 2. The van der Waals surface area contributed by atoms with Crippen molar-refractivity contribution in [1.82, 2.24) is 10.2 Å². The molecular formula is C20H10N6O. The molecule has 0 radical (unpaired) electrons. The first-order valence-electron chi connectivity index (χ1n) is 7.82. The van der Waals surface area contributed by atoms with Crippen molar-refractivity contribution in [3.8, 4) is 47.2 Å². The van der Waals surface area contributed by atoms with Crippen LogP contribution in [-0.4, -0.2) is 10.2 Å². The quantitative estimate of drug-likeness (QED) is 0.700. The smallest absolute Gasteiger partial charge is 0.248 e. The van der Waals surface area contributed by atoms with Crippen molar-refractivity contribution in [2.45, 2.75) is 11.8 Å². The molecule has 0 unspecified atom stereocenters. The normalized spacial score (nSPS) is 10.0. The molecule has 126 valence electrons. The average Bonchev–Trinajstić information content (AvgIpc) is 3.21. The third kappa shape index (κ3) is 3.49. The third-order valence-electron chi connectivity index (χ3n) is 3.92. The largest absolute Gasteiger partial charge is 0.416 e. The lowest BCUT2D eigenvalue weighted by atomic mass is 10.0. The van der Waals surface area contributed by atoms with E-state index in [4.69, 9.17) is 25.5 Å². The molecule has 0 aliphatic rings. The zero-order chi connectivity index (χ0) is 19.2. The van der Waals surface area contributed by atoms with E-state index in [1.807, 2.05) is 24.3 Å². The van der Waals surface area contributed by atoms with Crippen LogP contribution in [0.15, 0.2) is 52.9 Å². The zero-order valence-corrected chi connectivity index (χ0v) is 13.9. The molecule has 0 aliphatic heterocycles. The Labute approximate surface area is 155 Å². The van der Waals surface area contributed by atoms with Crippen molar-refractivity contribution in [3.63, 3.8) is 0 Å². The number of nitrogens with zero attached hydrogens (tertiary/aromatic N) is 6. The molecule has 0 saturated carbocycles. The van der Waals surface area contributed by atoms with Crippen LogP contribution in [0.25, 0.3) is 22.9 Å². The summed E-state index contributed by atoms with van der Waals surface area (Å²) in [6, 6.07) is 21.2. The highest BCUT2D eigenvalue weighted by Gasteiger charge is 2.14. The van der Waals surface area contributed by atoms with Crippen molar-refractivity contribution in [1.29, 1.82) is 21.0 Å². The van der Waals surface area contributed by atoms with Gasteiger partial charge in [0.15, 0.2) is 11.8 Å². The van der Waals surface area contributed by atoms with Gasteiger partial charge < -0.3 is 4.42 Å². The Balaban J connectivity index is 1.83. The van der Waals surface area contributed by atoms with Gasteiger partial charge in [-0.1, -0.05) is 24.3 Å². The van der Waals surface area contributed by atoms with E-state index in [9.17, 15) is 0 Å². The summed E-state index contributed by atoms with van der Waals surface area (Å²) in [6.45, 7) is 0. The lowest BCUT2D eigenvalue weighted by Gasteiger charge is -2.02. The van der Waals surface area contributed by atoms with Gasteiger partial charge in [0.2, 0.25) is 11.8 Å². The van der Waals surface area contributed by atoms with Gasteiger partial charge in [-0.2, -0.15) is 21.0 Å². The molecule has 7 nitrogen and oxygen atoms in total. The maximum Gasteiger partial charge on any atom is 0.248 e. The third-order valence-corrected chi connectivity index (χ3v) is 3.92. The summed E-state index contributed by atoms with van der Waals surface area (Å²) < 4.78 is 5.68. The minimum atomic E-state index is -0.818. The summed E-state index contributed by atoms with van der Waals surface area (Å²) in [6.07, 6.45) is 0. The minimum Gasteiger partial charge on any atom is -0.416 e. The molecule has 1 heterocycles. The molecule has 0 bridgehead atoms. The van der Waals surface area contributed by atoms with Crippen molar-refractivity contribution in [2.75, 3.05) is 0 Å². The van der Waals surface area contributed by atoms with Crippen molar-refractivity contribution in [2.24, 2.45) is 0 Å². The summed E-state index contributed by atoms with van der Waals surface area (Å²) in [5, 5.41) is 43.8. The van der Waals surface area contributed by atoms with Gasteiger partial charge in [0.25, 0.3) is 0 Å². The molecule has 0 spiro atoms. The Hall–Kier alpha value is -4.46. The van der Waals surface area contributed by atoms with Crippen molar-refractivity contribution < 1.29 is 4.42 Å². The second kappa shape index (κ2) is 7.62. The van der Waals surface area contributed by atoms with Crippen molar-refractivity contribution in [3.05, 3.63) is 59.7 Å². The van der Waals surface area contributed by atoms with Crippen LogP contribution in [0.2, 0.25) is 0 Å². The monoisotopic (exact) mass is 350 g/mol. The number of hydrogen-bond donors (Lipinski definition) is 0. The second-order valence-corrected chi connectivity index (χ2v) is 5.54. The van der Waals surface area contributed by atoms with Crippen LogP contribution in [0.3, 0.4) is 0 Å². The van der Waals surface area contributed by atoms with Gasteiger partial charge in [-0.3, -0.25) is 0 Å². The number of benzene rings is 2. The summed E-state index contributed by atoms with van der Waals surface area (Å²) in [7, 11) is 0. The molecule has 2 aromatic carbocycles. The summed E-state index contributed by atoms with van der Waals surface area (Å²) in [4.78, 5) is 0. The number of rotatable bonds is 4. The maximum absolute atomic E-state index is 8.93. The minimum absolute atomic E-state index is 0.304. The van der Waals surface area contributed by atoms with E-state index < -0.39 is 11.8 Å². The topological polar surface area (TPSA) is 134 Å². The molecule has 3 rings (SSSR count). The number of nitriles is 4. The highest BCUT2D eigenvalue weighted by Crippen LogP contribution is 2.26.